The fourth-order valence-electron chi connectivity index (χ4n) is 4.20. The van der Waals surface area contributed by atoms with E-state index in [2.05, 4.69) is 10.0 Å². The number of sulfonamides is 1. The molecule has 1 amide bonds. The standard InChI is InChI=1S/C30H30N2O3S/c1-20-12-10-16-27(23(20)4)32-36(34,35)28-19-25(18-17-22(28)3)30(33)31-29(24-13-6-5-7-14-24)26-15-9-8-11-21(26)2/h5-19,29,32H,1-4H3,(H,31,33)/t29-/m0/s1. The maximum absolute atomic E-state index is 13.4. The molecule has 1 atom stereocenters. The third-order valence-electron chi connectivity index (χ3n) is 6.50. The van der Waals surface area contributed by atoms with E-state index < -0.39 is 10.0 Å². The largest absolute Gasteiger partial charge is 0.341 e. The van der Waals surface area contributed by atoms with Crippen LogP contribution < -0.4 is 10.0 Å². The van der Waals surface area contributed by atoms with E-state index in [4.69, 9.17) is 0 Å². The predicted molar refractivity (Wildman–Crippen MR) is 145 cm³/mol. The zero-order valence-corrected chi connectivity index (χ0v) is 21.7. The predicted octanol–water partition coefficient (Wildman–Crippen LogP) is 6.24. The van der Waals surface area contributed by atoms with Crippen molar-refractivity contribution < 1.29 is 13.2 Å². The van der Waals surface area contributed by atoms with Gasteiger partial charge in [0.15, 0.2) is 0 Å². The number of anilines is 1. The van der Waals surface area contributed by atoms with Gasteiger partial charge in [-0.2, -0.15) is 0 Å². The summed E-state index contributed by atoms with van der Waals surface area (Å²) >= 11 is 0. The zero-order chi connectivity index (χ0) is 25.9. The van der Waals surface area contributed by atoms with Crippen molar-refractivity contribution in [3.63, 3.8) is 0 Å². The monoisotopic (exact) mass is 498 g/mol. The van der Waals surface area contributed by atoms with E-state index in [1.165, 1.54) is 6.07 Å². The molecule has 4 aromatic carbocycles. The van der Waals surface area contributed by atoms with E-state index in [9.17, 15) is 13.2 Å². The molecule has 5 nitrogen and oxygen atoms in total. The average molecular weight is 499 g/mol. The van der Waals surface area contributed by atoms with Gasteiger partial charge in [-0.1, -0.05) is 72.8 Å². The molecule has 0 fully saturated rings. The first-order chi connectivity index (χ1) is 17.2. The van der Waals surface area contributed by atoms with Crippen LogP contribution in [0.1, 0.15) is 49.8 Å². The van der Waals surface area contributed by atoms with E-state index in [1.54, 1.807) is 25.1 Å². The van der Waals surface area contributed by atoms with Gasteiger partial charge in [0.25, 0.3) is 15.9 Å². The molecule has 0 aliphatic heterocycles. The lowest BCUT2D eigenvalue weighted by Gasteiger charge is -2.22. The maximum atomic E-state index is 13.4. The number of carbonyl (C=O) groups is 1. The first-order valence-electron chi connectivity index (χ1n) is 11.8. The minimum Gasteiger partial charge on any atom is -0.341 e. The molecule has 0 heterocycles. The molecule has 0 aliphatic rings. The first kappa shape index (κ1) is 25.2. The summed E-state index contributed by atoms with van der Waals surface area (Å²) in [6.45, 7) is 7.53. The van der Waals surface area contributed by atoms with Crippen molar-refractivity contribution >= 4 is 21.6 Å². The maximum Gasteiger partial charge on any atom is 0.262 e. The van der Waals surface area contributed by atoms with E-state index >= 15 is 0 Å². The summed E-state index contributed by atoms with van der Waals surface area (Å²) in [5, 5.41) is 3.12. The smallest absolute Gasteiger partial charge is 0.262 e. The SMILES string of the molecule is Cc1ccccc1[C@@H](NC(=O)c1ccc(C)c(S(=O)(=O)Nc2cccc(C)c2C)c1)c1ccccc1. The second kappa shape index (κ2) is 10.4. The molecule has 36 heavy (non-hydrogen) atoms. The van der Waals surface area contributed by atoms with E-state index in [0.29, 0.717) is 11.3 Å². The van der Waals surface area contributed by atoms with Crippen LogP contribution in [0, 0.1) is 27.7 Å². The molecular weight excluding hydrogens is 468 g/mol. The molecule has 0 bridgehead atoms. The van der Waals surface area contributed by atoms with Crippen LogP contribution in [0.15, 0.2) is 95.9 Å². The highest BCUT2D eigenvalue weighted by molar-refractivity contribution is 7.92. The summed E-state index contributed by atoms with van der Waals surface area (Å²) in [7, 11) is -3.91. The highest BCUT2D eigenvalue weighted by Gasteiger charge is 2.23. The van der Waals surface area contributed by atoms with Crippen molar-refractivity contribution in [2.75, 3.05) is 4.72 Å². The molecule has 0 spiro atoms. The lowest BCUT2D eigenvalue weighted by molar-refractivity contribution is 0.0942. The molecule has 0 aromatic heterocycles. The van der Waals surface area contributed by atoms with Crippen LogP contribution >= 0.6 is 0 Å². The van der Waals surface area contributed by atoms with Gasteiger partial charge in [0.2, 0.25) is 0 Å². The van der Waals surface area contributed by atoms with E-state index in [0.717, 1.165) is 27.8 Å². The van der Waals surface area contributed by atoms with Crippen molar-refractivity contribution in [1.82, 2.24) is 5.32 Å². The van der Waals surface area contributed by atoms with E-state index in [1.807, 2.05) is 87.5 Å². The molecule has 0 saturated heterocycles. The molecular formula is C30H30N2O3S. The first-order valence-corrected chi connectivity index (χ1v) is 13.3. The van der Waals surface area contributed by atoms with Crippen LogP contribution in [-0.4, -0.2) is 14.3 Å². The normalized spacial score (nSPS) is 12.1. The number of carbonyl (C=O) groups excluding carboxylic acids is 1. The minimum atomic E-state index is -3.91. The van der Waals surface area contributed by atoms with Gasteiger partial charge in [0, 0.05) is 5.56 Å². The summed E-state index contributed by atoms with van der Waals surface area (Å²) in [5.74, 6) is -0.352. The summed E-state index contributed by atoms with van der Waals surface area (Å²) < 4.78 is 29.3. The van der Waals surface area contributed by atoms with Crippen LogP contribution in [0.25, 0.3) is 0 Å². The molecule has 0 aliphatic carbocycles. The lowest BCUT2D eigenvalue weighted by atomic mass is 9.94. The fraction of sp³-hybridized carbons (Fsp3) is 0.167. The molecule has 6 heteroatoms. The van der Waals surface area contributed by atoms with Crippen molar-refractivity contribution in [2.45, 2.75) is 38.6 Å². The van der Waals surface area contributed by atoms with Gasteiger partial charge in [-0.3, -0.25) is 9.52 Å². The number of amides is 1. The second-order valence-corrected chi connectivity index (χ2v) is 10.7. The topological polar surface area (TPSA) is 75.3 Å². The Hall–Kier alpha value is -3.90. The Bertz CT molecular complexity index is 1510. The van der Waals surface area contributed by atoms with Crippen LogP contribution in [0.4, 0.5) is 5.69 Å². The summed E-state index contributed by atoms with van der Waals surface area (Å²) in [4.78, 5) is 13.5. The Labute approximate surface area is 213 Å². The lowest BCUT2D eigenvalue weighted by Crippen LogP contribution is -2.30. The van der Waals surface area contributed by atoms with Crippen molar-refractivity contribution in [3.8, 4) is 0 Å². The molecule has 4 rings (SSSR count). The Kier molecular flexibility index (Phi) is 7.27. The quantitative estimate of drug-likeness (QED) is 0.317. The number of hydrogen-bond acceptors (Lipinski definition) is 3. The molecule has 4 aromatic rings. The Morgan fingerprint density at radius 3 is 2.11 bits per heavy atom. The van der Waals surface area contributed by atoms with Crippen molar-refractivity contribution in [3.05, 3.63) is 130 Å². The van der Waals surface area contributed by atoms with Crippen LogP contribution in [0.3, 0.4) is 0 Å². The third-order valence-corrected chi connectivity index (χ3v) is 8.00. The van der Waals surface area contributed by atoms with Gasteiger partial charge < -0.3 is 5.32 Å². The minimum absolute atomic E-state index is 0.0724. The summed E-state index contributed by atoms with van der Waals surface area (Å²) in [6.07, 6.45) is 0. The van der Waals surface area contributed by atoms with Gasteiger partial charge in [-0.05, 0) is 79.3 Å². The van der Waals surface area contributed by atoms with Crippen LogP contribution in [0.2, 0.25) is 0 Å². The highest BCUT2D eigenvalue weighted by Crippen LogP contribution is 2.27. The second-order valence-electron chi connectivity index (χ2n) is 9.01. The number of nitrogens with one attached hydrogen (secondary N) is 2. The Balaban J connectivity index is 1.67. The van der Waals surface area contributed by atoms with E-state index in [-0.39, 0.29) is 22.4 Å². The van der Waals surface area contributed by atoms with Gasteiger partial charge >= 0.3 is 0 Å². The molecule has 0 radical (unpaired) electrons. The number of aryl methyl sites for hydroxylation is 3. The average Bonchev–Trinajstić information content (AvgIpc) is 2.86. The van der Waals surface area contributed by atoms with Crippen molar-refractivity contribution in [1.29, 1.82) is 0 Å². The Morgan fingerprint density at radius 2 is 1.39 bits per heavy atom. The van der Waals surface area contributed by atoms with Gasteiger partial charge in [-0.15, -0.1) is 0 Å². The number of rotatable bonds is 7. The van der Waals surface area contributed by atoms with Crippen molar-refractivity contribution in [2.24, 2.45) is 0 Å². The summed E-state index contributed by atoms with van der Waals surface area (Å²) in [5.41, 5.74) is 6.17. The zero-order valence-electron chi connectivity index (χ0n) is 20.9. The molecule has 2 N–H and O–H groups in total. The fourth-order valence-corrected chi connectivity index (χ4v) is 5.60. The van der Waals surface area contributed by atoms with Gasteiger partial charge in [0.05, 0.1) is 16.6 Å². The van der Waals surface area contributed by atoms with Crippen LogP contribution in [0.5, 0.6) is 0 Å². The highest BCUT2D eigenvalue weighted by atomic mass is 32.2. The molecule has 184 valence electrons. The molecule has 0 unspecified atom stereocenters. The number of benzene rings is 4. The molecule has 0 saturated carbocycles. The van der Waals surface area contributed by atoms with Gasteiger partial charge in [0.1, 0.15) is 0 Å². The third kappa shape index (κ3) is 5.34. The van der Waals surface area contributed by atoms with Crippen LogP contribution in [-0.2, 0) is 10.0 Å². The Morgan fingerprint density at radius 1 is 0.722 bits per heavy atom. The number of hydrogen-bond donors (Lipinski definition) is 2. The summed E-state index contributed by atoms with van der Waals surface area (Å²) in [6, 6.07) is 27.5. The van der Waals surface area contributed by atoms with Gasteiger partial charge in [-0.25, -0.2) is 8.42 Å².